The van der Waals surface area contributed by atoms with Crippen LogP contribution in [0.15, 0.2) is 94.6 Å². The van der Waals surface area contributed by atoms with Crippen LogP contribution in [0.5, 0.6) is 11.5 Å². The van der Waals surface area contributed by atoms with Gasteiger partial charge in [0.1, 0.15) is 41.5 Å². The third-order valence-electron chi connectivity index (χ3n) is 17.6. The summed E-state index contributed by atoms with van der Waals surface area (Å²) >= 11 is 0. The first-order valence-electron chi connectivity index (χ1n) is 31.3. The second-order valence-corrected chi connectivity index (χ2v) is 30.6. The number of rotatable bonds is 32. The maximum Gasteiger partial charge on any atom is 0.330 e. The molecule has 0 aliphatic carbocycles. The molecule has 0 spiro atoms. The largest absolute Gasteiger partial charge is 0.497 e. The van der Waals surface area contributed by atoms with E-state index in [1.807, 2.05) is 78.9 Å². The molecule has 2 amide bonds. The number of methoxy groups -OCH3 is 2. The Balaban J connectivity index is 1.20. The fraction of sp³-hybridized carbons (Fsp3) is 0.597. The van der Waals surface area contributed by atoms with Crippen molar-refractivity contribution in [3.63, 3.8) is 0 Å². The SMILES string of the molecule is COc1ccc(C(OC[C@]2(C(O)[Si](C(C)C)(C(C)C)C(C)C)CN(C(=O)CCCCCCCCCCCO[C@@H]3O[C@H](COC(C)=O)[C@H](OC(C)=O)[C@H](OC(C)=O)[C@H]3NC(C)=O)C[C@H](n3cc(C)c(=O)[nH]c3=O)O2)(c2ccccc2)c2ccc(OC)cc2)cc1. The number of unbranched alkanes of at least 4 members (excludes halogenated alkanes) is 8. The number of carbonyl (C=O) groups is 5. The molecule has 89 heavy (non-hydrogen) atoms. The number of aliphatic hydroxyl groups is 1. The summed E-state index contributed by atoms with van der Waals surface area (Å²) in [5.74, 6) is -1.31. The maximum atomic E-state index is 15.0. The number of aryl methyl sites for hydroxylation is 1. The van der Waals surface area contributed by atoms with Crippen LogP contribution in [-0.2, 0) is 62.7 Å². The standard InChI is InChI=1S/C67H96N4O17Si/c1-43(2)89(44(3)4,45(5)6)64(78)66(42-84-67(51-26-22-21-23-27-51,52-29-33-54(80-12)34-30-52)53-31-35-55(81-13)36-32-53)41-70(39-58(88-66)71-38-46(7)62(77)69-65(71)79)57(76)28-24-19-17-15-14-16-18-20-25-37-82-63-59(68-47(8)72)61(86-50(11)75)60(85-49(10)74)56(87-63)40-83-48(9)73/h21-23,26-27,29-36,38,43-45,56,58-61,63-64,78H,14-20,24-25,28,37,39-42H2,1-13H3,(H,68,72)(H,69,77,79)/t56-,58-,59-,60+,61-,63-,64?,66+/m1/s1. The Morgan fingerprint density at radius 3 is 1.74 bits per heavy atom. The van der Waals surface area contributed by atoms with E-state index in [0.717, 1.165) is 61.6 Å². The van der Waals surface area contributed by atoms with E-state index in [-0.39, 0.29) is 67.4 Å². The van der Waals surface area contributed by atoms with Crippen LogP contribution in [0.4, 0.5) is 0 Å². The van der Waals surface area contributed by atoms with Crippen LogP contribution in [0.1, 0.15) is 162 Å². The molecule has 3 aromatic carbocycles. The first-order chi connectivity index (χ1) is 42.3. The van der Waals surface area contributed by atoms with Crippen molar-refractivity contribution in [1.82, 2.24) is 19.8 Å². The molecule has 6 rings (SSSR count). The second-order valence-electron chi connectivity index (χ2n) is 24.6. The minimum atomic E-state index is -3.00. The number of hydrogen-bond donors (Lipinski definition) is 3. The number of H-pyrrole nitrogens is 1. The Morgan fingerprint density at radius 1 is 0.719 bits per heavy atom. The number of benzene rings is 3. The average molecular weight is 1260 g/mol. The summed E-state index contributed by atoms with van der Waals surface area (Å²) in [5.41, 5.74) is -2.77. The van der Waals surface area contributed by atoms with E-state index in [4.69, 9.17) is 42.6 Å². The molecule has 4 aromatic rings. The van der Waals surface area contributed by atoms with Gasteiger partial charge in [0.15, 0.2) is 24.7 Å². The van der Waals surface area contributed by atoms with Crippen LogP contribution in [0.3, 0.4) is 0 Å². The molecule has 3 heterocycles. The van der Waals surface area contributed by atoms with Crippen LogP contribution < -0.4 is 26.0 Å². The Hall–Kier alpha value is -6.69. The number of aliphatic hydroxyl groups excluding tert-OH is 1. The van der Waals surface area contributed by atoms with Gasteiger partial charge in [-0.15, -0.1) is 0 Å². The van der Waals surface area contributed by atoms with Crippen molar-refractivity contribution in [2.24, 2.45) is 0 Å². The van der Waals surface area contributed by atoms with Gasteiger partial charge in [-0.3, -0.25) is 38.3 Å². The molecule has 0 bridgehead atoms. The van der Waals surface area contributed by atoms with Crippen LogP contribution in [0, 0.1) is 6.92 Å². The number of morpholine rings is 1. The van der Waals surface area contributed by atoms with Gasteiger partial charge in [0.2, 0.25) is 11.8 Å². The lowest BCUT2D eigenvalue weighted by molar-refractivity contribution is -0.277. The van der Waals surface area contributed by atoms with E-state index in [9.17, 15) is 33.9 Å². The van der Waals surface area contributed by atoms with E-state index in [0.29, 0.717) is 24.3 Å². The number of aromatic amines is 1. The minimum Gasteiger partial charge on any atom is -0.497 e. The highest BCUT2D eigenvalue weighted by Gasteiger charge is 2.61. The molecule has 1 aromatic heterocycles. The lowest BCUT2D eigenvalue weighted by Crippen LogP contribution is -2.72. The summed E-state index contributed by atoms with van der Waals surface area (Å²) in [6.07, 6.45) is 3.47. The molecule has 21 nitrogen and oxygen atoms in total. The molecule has 8 atom stereocenters. The zero-order chi connectivity index (χ0) is 65.2. The number of esters is 3. The van der Waals surface area contributed by atoms with Crippen molar-refractivity contribution < 1.29 is 71.7 Å². The van der Waals surface area contributed by atoms with Crippen molar-refractivity contribution in [2.75, 3.05) is 47.1 Å². The second kappa shape index (κ2) is 32.9. The number of nitrogens with one attached hydrogen (secondary N) is 2. The lowest BCUT2D eigenvalue weighted by Gasteiger charge is -2.57. The van der Waals surface area contributed by atoms with Gasteiger partial charge >= 0.3 is 23.6 Å². The molecule has 2 saturated heterocycles. The fourth-order valence-electron chi connectivity index (χ4n) is 13.5. The summed E-state index contributed by atoms with van der Waals surface area (Å²) in [6.45, 7) is 19.0. The van der Waals surface area contributed by atoms with E-state index < -0.39 is 96.9 Å². The topological polar surface area (TPSA) is 259 Å². The predicted molar refractivity (Wildman–Crippen MR) is 337 cm³/mol. The quantitative estimate of drug-likeness (QED) is 0.0135. The van der Waals surface area contributed by atoms with Gasteiger partial charge in [-0.25, -0.2) is 4.79 Å². The predicted octanol–water partition coefficient (Wildman–Crippen LogP) is 9.12. The molecule has 0 radical (unpaired) electrons. The molecule has 0 saturated carbocycles. The van der Waals surface area contributed by atoms with Crippen molar-refractivity contribution in [2.45, 2.75) is 211 Å². The highest BCUT2D eigenvalue weighted by Crippen LogP contribution is 2.51. The van der Waals surface area contributed by atoms with E-state index in [1.54, 1.807) is 26.0 Å². The van der Waals surface area contributed by atoms with Gasteiger partial charge in [-0.2, -0.15) is 0 Å². The first-order valence-corrected chi connectivity index (χ1v) is 33.6. The normalized spacial score (nSPS) is 20.9. The van der Waals surface area contributed by atoms with Gasteiger partial charge in [-0.05, 0) is 77.3 Å². The van der Waals surface area contributed by atoms with Crippen molar-refractivity contribution in [3.05, 3.63) is 128 Å². The van der Waals surface area contributed by atoms with E-state index >= 15 is 4.79 Å². The molecule has 22 heteroatoms. The van der Waals surface area contributed by atoms with Gasteiger partial charge in [0, 0.05) is 52.5 Å². The zero-order valence-corrected chi connectivity index (χ0v) is 55.3. The lowest BCUT2D eigenvalue weighted by atomic mass is 9.79. The van der Waals surface area contributed by atoms with Crippen molar-refractivity contribution in [1.29, 1.82) is 0 Å². The van der Waals surface area contributed by atoms with Crippen LogP contribution in [0.2, 0.25) is 16.6 Å². The smallest absolute Gasteiger partial charge is 0.330 e. The molecule has 490 valence electrons. The third-order valence-corrected chi connectivity index (χ3v) is 25.1. The molecule has 2 aliphatic rings. The van der Waals surface area contributed by atoms with Crippen LogP contribution in [0.25, 0.3) is 0 Å². The Morgan fingerprint density at radius 2 is 1.24 bits per heavy atom. The van der Waals surface area contributed by atoms with Gasteiger partial charge in [0.05, 0.1) is 47.7 Å². The summed E-state index contributed by atoms with van der Waals surface area (Å²) in [7, 11) is 0.219. The number of carbonyl (C=O) groups excluding carboxylic acids is 5. The molecule has 1 unspecified atom stereocenters. The fourth-order valence-corrected chi connectivity index (χ4v) is 20.5. The maximum absolute atomic E-state index is 15.0. The Bertz CT molecular complexity index is 2990. The molecule has 2 aliphatic heterocycles. The van der Waals surface area contributed by atoms with Crippen LogP contribution >= 0.6 is 0 Å². The summed E-state index contributed by atoms with van der Waals surface area (Å²) in [6, 6.07) is 24.1. The highest BCUT2D eigenvalue weighted by molar-refractivity contribution is 6.84. The molecular weight excluding hydrogens is 1160 g/mol. The van der Waals surface area contributed by atoms with Crippen molar-refractivity contribution in [3.8, 4) is 11.5 Å². The molecular formula is C67H96N4O17Si. The monoisotopic (exact) mass is 1260 g/mol. The Labute approximate surface area is 524 Å². The highest BCUT2D eigenvalue weighted by atomic mass is 28.3. The molecule has 2 fully saturated rings. The third kappa shape index (κ3) is 17.6. The number of nitrogens with zero attached hydrogens (tertiary/aromatic N) is 2. The number of hydrogen-bond acceptors (Lipinski definition) is 17. The van der Waals surface area contributed by atoms with Gasteiger partial charge in [0.25, 0.3) is 5.56 Å². The number of aromatic nitrogens is 2. The van der Waals surface area contributed by atoms with Crippen molar-refractivity contribution >= 4 is 37.8 Å². The summed E-state index contributed by atoms with van der Waals surface area (Å²) in [5, 5.41) is 16.6. The summed E-state index contributed by atoms with van der Waals surface area (Å²) < 4.78 is 56.2. The molecule has 3 N–H and O–H groups in total. The summed E-state index contributed by atoms with van der Waals surface area (Å²) in [4.78, 5) is 94.6. The van der Waals surface area contributed by atoms with Crippen LogP contribution in [-0.4, -0.2) is 146 Å². The average Bonchev–Trinajstić information content (AvgIpc) is 0.809. The zero-order valence-electron chi connectivity index (χ0n) is 54.3. The Kier molecular flexibility index (Phi) is 26.4. The van der Waals surface area contributed by atoms with Gasteiger partial charge in [-0.1, -0.05) is 141 Å². The van der Waals surface area contributed by atoms with E-state index in [2.05, 4.69) is 51.8 Å². The number of amides is 2. The minimum absolute atomic E-state index is 0.0217. The van der Waals surface area contributed by atoms with E-state index in [1.165, 1.54) is 38.5 Å². The number of ether oxygens (including phenoxy) is 9. The first kappa shape index (κ1) is 71.4. The van der Waals surface area contributed by atoms with Gasteiger partial charge < -0.3 is 58.0 Å².